The van der Waals surface area contributed by atoms with Crippen molar-refractivity contribution < 1.29 is 9.31 Å². The molecule has 2 aromatic rings. The summed E-state index contributed by atoms with van der Waals surface area (Å²) in [6.45, 7) is 1.55. The van der Waals surface area contributed by atoms with E-state index in [1.165, 1.54) is 18.3 Å². The van der Waals surface area contributed by atoms with Crippen LogP contribution in [-0.4, -0.2) is 14.5 Å². The van der Waals surface area contributed by atoms with Gasteiger partial charge in [0.05, 0.1) is 11.5 Å². The number of benzene rings is 1. The smallest absolute Gasteiger partial charge is 0.296 e. The largest absolute Gasteiger partial charge is 0.328 e. The van der Waals surface area contributed by atoms with Crippen LogP contribution in [0.2, 0.25) is 0 Å². The molecule has 1 aromatic heterocycles. The molecule has 0 amide bonds. The second-order valence-corrected chi connectivity index (χ2v) is 4.40. The van der Waals surface area contributed by atoms with Crippen molar-refractivity contribution in [3.05, 3.63) is 72.3 Å². The van der Waals surface area contributed by atoms with E-state index < -0.39 is 27.7 Å². The number of H-pyrrole nitrogens is 1. The number of nitrogens with one attached hydrogen (secondary N) is 1. The Kier molecular flexibility index (Phi) is 3.97. The predicted octanol–water partition coefficient (Wildman–Crippen LogP) is 1.19. The third-order valence-electron chi connectivity index (χ3n) is 3.06. The van der Waals surface area contributed by atoms with Gasteiger partial charge in [0.2, 0.25) is 5.82 Å². The van der Waals surface area contributed by atoms with Gasteiger partial charge in [0.25, 0.3) is 5.56 Å². The quantitative estimate of drug-likeness (QED) is 0.676. The Labute approximate surface area is 117 Å². The summed E-state index contributed by atoms with van der Waals surface area (Å²) in [5, 5.41) is 10.7. The Balaban J connectivity index is 2.48. The maximum atomic E-state index is 14.0. The molecule has 110 valence electrons. The summed E-state index contributed by atoms with van der Waals surface area (Å²) in [5.74, 6) is -0.987. The second-order valence-electron chi connectivity index (χ2n) is 4.40. The van der Waals surface area contributed by atoms with Gasteiger partial charge in [-0.25, -0.2) is 4.79 Å². The van der Waals surface area contributed by atoms with Gasteiger partial charge in [-0.3, -0.25) is 24.5 Å². The van der Waals surface area contributed by atoms with Crippen LogP contribution in [0, 0.1) is 15.9 Å². The van der Waals surface area contributed by atoms with E-state index in [0.717, 1.165) is 10.6 Å². The molecular formula is C13H12FN3O4. The van der Waals surface area contributed by atoms with Crippen molar-refractivity contribution in [3.63, 3.8) is 0 Å². The fourth-order valence-electron chi connectivity index (χ4n) is 1.94. The highest BCUT2D eigenvalue weighted by Gasteiger charge is 2.17. The van der Waals surface area contributed by atoms with Crippen molar-refractivity contribution in [2.75, 3.05) is 0 Å². The second kappa shape index (κ2) is 5.70. The zero-order valence-electron chi connectivity index (χ0n) is 11.1. The van der Waals surface area contributed by atoms with E-state index in [4.69, 9.17) is 0 Å². The number of halogens is 1. The van der Waals surface area contributed by atoms with E-state index >= 15 is 0 Å². The van der Waals surface area contributed by atoms with Crippen molar-refractivity contribution in [1.29, 1.82) is 0 Å². The van der Waals surface area contributed by atoms with Gasteiger partial charge in [0, 0.05) is 23.4 Å². The highest BCUT2D eigenvalue weighted by Crippen LogP contribution is 2.20. The third kappa shape index (κ3) is 2.88. The summed E-state index contributed by atoms with van der Waals surface area (Å²) in [6, 6.07) is 3.74. The molecule has 2 rings (SSSR count). The molecule has 1 aromatic carbocycles. The Hall–Kier alpha value is -2.77. The number of hydrogen-bond acceptors (Lipinski definition) is 4. The van der Waals surface area contributed by atoms with Crippen LogP contribution in [0.15, 0.2) is 34.0 Å². The van der Waals surface area contributed by atoms with Crippen LogP contribution >= 0.6 is 0 Å². The van der Waals surface area contributed by atoms with Crippen LogP contribution in [0.3, 0.4) is 0 Å². The van der Waals surface area contributed by atoms with E-state index in [9.17, 15) is 24.1 Å². The number of nitro benzene ring substituents is 1. The Morgan fingerprint density at radius 2 is 2.05 bits per heavy atom. The molecule has 0 fully saturated rings. The molecule has 0 atom stereocenters. The highest BCUT2D eigenvalue weighted by atomic mass is 19.1. The van der Waals surface area contributed by atoms with E-state index in [2.05, 4.69) is 4.98 Å². The average Bonchev–Trinajstić information content (AvgIpc) is 2.43. The molecular weight excluding hydrogens is 281 g/mol. The minimum absolute atomic E-state index is 0.000372. The number of aromatic nitrogens is 2. The summed E-state index contributed by atoms with van der Waals surface area (Å²) >= 11 is 0. The fraction of sp³-hybridized carbons (Fsp3) is 0.231. The summed E-state index contributed by atoms with van der Waals surface area (Å²) in [5.41, 5.74) is -1.46. The number of nitrogens with zero attached hydrogens (tertiary/aromatic N) is 2. The van der Waals surface area contributed by atoms with Gasteiger partial charge in [-0.2, -0.15) is 4.39 Å². The van der Waals surface area contributed by atoms with Crippen LogP contribution in [-0.2, 0) is 13.0 Å². The highest BCUT2D eigenvalue weighted by molar-refractivity contribution is 5.36. The van der Waals surface area contributed by atoms with Crippen molar-refractivity contribution in [1.82, 2.24) is 9.55 Å². The van der Waals surface area contributed by atoms with Gasteiger partial charge in [0.15, 0.2) is 0 Å². The van der Waals surface area contributed by atoms with Crippen LogP contribution in [0.5, 0.6) is 0 Å². The molecule has 0 aliphatic rings. The zero-order valence-corrected chi connectivity index (χ0v) is 11.1. The molecule has 8 heteroatoms. The molecule has 21 heavy (non-hydrogen) atoms. The minimum Gasteiger partial charge on any atom is -0.296 e. The van der Waals surface area contributed by atoms with Crippen LogP contribution in [0.4, 0.5) is 10.1 Å². The summed E-state index contributed by atoms with van der Waals surface area (Å²) < 4.78 is 15.1. The number of rotatable bonds is 4. The molecule has 0 bridgehead atoms. The Morgan fingerprint density at radius 3 is 2.67 bits per heavy atom. The molecule has 7 nitrogen and oxygen atoms in total. The van der Waals surface area contributed by atoms with Gasteiger partial charge in [0.1, 0.15) is 0 Å². The molecule has 0 aliphatic heterocycles. The number of hydrogen-bond donors (Lipinski definition) is 1. The SMILES string of the molecule is CCc1cn(Cc2cccc([N+](=O)[O-])c2F)c(=O)[nH]c1=O. The fourth-order valence-corrected chi connectivity index (χ4v) is 1.94. The normalized spacial score (nSPS) is 10.6. The summed E-state index contributed by atoms with van der Waals surface area (Å²) in [7, 11) is 0. The lowest BCUT2D eigenvalue weighted by molar-refractivity contribution is -0.387. The molecule has 0 radical (unpaired) electrons. The lowest BCUT2D eigenvalue weighted by Crippen LogP contribution is -2.32. The first-order chi connectivity index (χ1) is 9.93. The van der Waals surface area contributed by atoms with Crippen molar-refractivity contribution in [2.24, 2.45) is 0 Å². The summed E-state index contributed by atoms with van der Waals surface area (Å²) in [6.07, 6.45) is 1.74. The van der Waals surface area contributed by atoms with Gasteiger partial charge in [-0.1, -0.05) is 19.1 Å². The summed E-state index contributed by atoms with van der Waals surface area (Å²) in [4.78, 5) is 35.1. The standard InChI is InChI=1S/C13H12FN3O4/c1-2-8-6-16(13(19)15-12(8)18)7-9-4-3-5-10(11(9)14)17(20)21/h3-6H,2,7H2,1H3,(H,15,18,19). The monoisotopic (exact) mass is 293 g/mol. The number of aryl methyl sites for hydroxylation is 1. The molecule has 0 unspecified atom stereocenters. The average molecular weight is 293 g/mol. The first-order valence-corrected chi connectivity index (χ1v) is 6.18. The van der Waals surface area contributed by atoms with Crippen LogP contribution < -0.4 is 11.2 Å². The maximum absolute atomic E-state index is 14.0. The number of aromatic amines is 1. The Morgan fingerprint density at radius 1 is 1.33 bits per heavy atom. The van der Waals surface area contributed by atoms with Crippen molar-refractivity contribution in [2.45, 2.75) is 19.9 Å². The predicted molar refractivity (Wildman–Crippen MR) is 72.9 cm³/mol. The topological polar surface area (TPSA) is 98.0 Å². The van der Waals surface area contributed by atoms with Gasteiger partial charge >= 0.3 is 11.4 Å². The number of nitro groups is 1. The van der Waals surface area contributed by atoms with Crippen molar-refractivity contribution >= 4 is 5.69 Å². The van der Waals surface area contributed by atoms with Crippen LogP contribution in [0.25, 0.3) is 0 Å². The Bertz CT molecular complexity index is 810. The van der Waals surface area contributed by atoms with E-state index in [1.807, 2.05) is 0 Å². The van der Waals surface area contributed by atoms with Gasteiger partial charge in [-0.15, -0.1) is 0 Å². The third-order valence-corrected chi connectivity index (χ3v) is 3.06. The molecule has 0 saturated carbocycles. The molecule has 0 spiro atoms. The lowest BCUT2D eigenvalue weighted by atomic mass is 10.2. The first-order valence-electron chi connectivity index (χ1n) is 6.18. The minimum atomic E-state index is -0.987. The van der Waals surface area contributed by atoms with E-state index in [0.29, 0.717) is 12.0 Å². The van der Waals surface area contributed by atoms with E-state index in [-0.39, 0.29) is 12.1 Å². The van der Waals surface area contributed by atoms with Crippen molar-refractivity contribution in [3.8, 4) is 0 Å². The molecule has 0 aliphatic carbocycles. The molecule has 1 N–H and O–H groups in total. The van der Waals surface area contributed by atoms with Gasteiger partial charge in [-0.05, 0) is 6.42 Å². The molecule has 0 saturated heterocycles. The van der Waals surface area contributed by atoms with Gasteiger partial charge < -0.3 is 0 Å². The molecule has 1 heterocycles. The lowest BCUT2D eigenvalue weighted by Gasteiger charge is -2.08. The first kappa shape index (κ1) is 14.6. The maximum Gasteiger partial charge on any atom is 0.328 e. The van der Waals surface area contributed by atoms with E-state index in [1.54, 1.807) is 6.92 Å². The van der Waals surface area contributed by atoms with Crippen LogP contribution in [0.1, 0.15) is 18.1 Å². The zero-order chi connectivity index (χ0) is 15.6.